The van der Waals surface area contributed by atoms with E-state index in [1.807, 2.05) is 38.4 Å². The van der Waals surface area contributed by atoms with Crippen LogP contribution in [0, 0.1) is 5.82 Å². The Morgan fingerprint density at radius 3 is 2.45 bits per heavy atom. The molecule has 29 heavy (non-hydrogen) atoms. The van der Waals surface area contributed by atoms with Crippen LogP contribution in [0.2, 0.25) is 0 Å². The topological polar surface area (TPSA) is 50.8 Å². The number of hydrogen-bond acceptors (Lipinski definition) is 4. The molecule has 1 aliphatic heterocycles. The number of carbonyl (C=O) groups is 1. The molecule has 1 N–H and O–H groups in total. The van der Waals surface area contributed by atoms with Gasteiger partial charge in [-0.05, 0) is 50.7 Å². The average molecular weight is 400 g/mol. The molecule has 0 aromatic heterocycles. The Morgan fingerprint density at radius 2 is 1.83 bits per heavy atom. The first kappa shape index (κ1) is 21.3. The molecule has 1 aliphatic rings. The van der Waals surface area contributed by atoms with Crippen LogP contribution in [-0.2, 0) is 14.9 Å². The lowest BCUT2D eigenvalue weighted by Gasteiger charge is -2.37. The number of nitrogens with zero attached hydrogens (tertiary/aromatic N) is 1. The molecule has 1 fully saturated rings. The van der Waals surface area contributed by atoms with Gasteiger partial charge in [0.1, 0.15) is 11.6 Å². The number of methoxy groups -OCH3 is 1. The minimum atomic E-state index is -0.705. The smallest absolute Gasteiger partial charge is 0.230 e. The van der Waals surface area contributed by atoms with Crippen molar-refractivity contribution in [3.8, 4) is 5.75 Å². The Morgan fingerprint density at radius 1 is 1.17 bits per heavy atom. The predicted octanol–water partition coefficient (Wildman–Crippen LogP) is 3.30. The van der Waals surface area contributed by atoms with Crippen molar-refractivity contribution in [2.75, 3.05) is 41.0 Å². The van der Waals surface area contributed by atoms with Gasteiger partial charge in [0.15, 0.2) is 0 Å². The van der Waals surface area contributed by atoms with Crippen LogP contribution in [0.15, 0.2) is 48.5 Å². The summed E-state index contributed by atoms with van der Waals surface area (Å²) in [7, 11) is 5.61. The molecular formula is C23H29FN2O3. The minimum Gasteiger partial charge on any atom is -0.496 e. The number of carbonyl (C=O) groups excluding carboxylic acids is 1. The van der Waals surface area contributed by atoms with Crippen LogP contribution in [0.3, 0.4) is 0 Å². The summed E-state index contributed by atoms with van der Waals surface area (Å²) in [4.78, 5) is 15.5. The zero-order valence-electron chi connectivity index (χ0n) is 17.3. The fourth-order valence-electron chi connectivity index (χ4n) is 4.01. The van der Waals surface area contributed by atoms with Crippen LogP contribution in [0.4, 0.5) is 4.39 Å². The Kier molecular flexibility index (Phi) is 6.87. The second-order valence-corrected chi connectivity index (χ2v) is 7.63. The number of ether oxygens (including phenoxy) is 2. The van der Waals surface area contributed by atoms with Gasteiger partial charge in [0.2, 0.25) is 5.91 Å². The summed E-state index contributed by atoms with van der Waals surface area (Å²) in [5, 5.41) is 3.15. The molecule has 0 bridgehead atoms. The summed E-state index contributed by atoms with van der Waals surface area (Å²) < 4.78 is 24.5. The van der Waals surface area contributed by atoms with Gasteiger partial charge in [0.25, 0.3) is 0 Å². The van der Waals surface area contributed by atoms with E-state index in [-0.39, 0.29) is 17.8 Å². The highest BCUT2D eigenvalue weighted by Crippen LogP contribution is 2.36. The van der Waals surface area contributed by atoms with Gasteiger partial charge in [-0.3, -0.25) is 4.79 Å². The molecule has 1 unspecified atom stereocenters. The van der Waals surface area contributed by atoms with Crippen molar-refractivity contribution in [1.82, 2.24) is 10.2 Å². The van der Waals surface area contributed by atoms with Crippen LogP contribution >= 0.6 is 0 Å². The van der Waals surface area contributed by atoms with E-state index >= 15 is 0 Å². The molecule has 0 saturated carbocycles. The van der Waals surface area contributed by atoms with Crippen LogP contribution in [0.25, 0.3) is 0 Å². The van der Waals surface area contributed by atoms with Crippen LogP contribution in [0.1, 0.15) is 30.0 Å². The number of hydrogen-bond donors (Lipinski definition) is 1. The van der Waals surface area contributed by atoms with E-state index < -0.39 is 5.41 Å². The van der Waals surface area contributed by atoms with Gasteiger partial charge < -0.3 is 19.7 Å². The average Bonchev–Trinajstić information content (AvgIpc) is 2.74. The number of rotatable bonds is 7. The highest BCUT2D eigenvalue weighted by atomic mass is 19.1. The van der Waals surface area contributed by atoms with Crippen LogP contribution in [-0.4, -0.2) is 51.8 Å². The zero-order chi connectivity index (χ0) is 20.9. The normalized spacial score (nSPS) is 17.0. The predicted molar refractivity (Wildman–Crippen MR) is 111 cm³/mol. The van der Waals surface area contributed by atoms with Gasteiger partial charge in [-0.1, -0.05) is 30.3 Å². The third kappa shape index (κ3) is 4.60. The van der Waals surface area contributed by atoms with Gasteiger partial charge in [0.05, 0.1) is 18.6 Å². The summed E-state index contributed by atoms with van der Waals surface area (Å²) >= 11 is 0. The first-order chi connectivity index (χ1) is 14.0. The number of amides is 1. The maximum absolute atomic E-state index is 13.4. The fourth-order valence-corrected chi connectivity index (χ4v) is 4.01. The Bertz CT molecular complexity index is 817. The third-order valence-corrected chi connectivity index (χ3v) is 5.76. The number of benzene rings is 2. The lowest BCUT2D eigenvalue weighted by atomic mass is 9.73. The van der Waals surface area contributed by atoms with E-state index in [1.54, 1.807) is 19.2 Å². The lowest BCUT2D eigenvalue weighted by molar-refractivity contribution is -0.130. The minimum absolute atomic E-state index is 0.0415. The Balaban J connectivity index is 1.82. The molecule has 1 heterocycles. The monoisotopic (exact) mass is 400 g/mol. The van der Waals surface area contributed by atoms with Crippen molar-refractivity contribution in [1.29, 1.82) is 0 Å². The summed E-state index contributed by atoms with van der Waals surface area (Å²) in [6.45, 7) is 1.46. The molecule has 1 saturated heterocycles. The van der Waals surface area contributed by atoms with Crippen molar-refractivity contribution >= 4 is 5.91 Å². The number of para-hydroxylation sites is 1. The molecule has 5 nitrogen and oxygen atoms in total. The van der Waals surface area contributed by atoms with Gasteiger partial charge in [-0.2, -0.15) is 0 Å². The summed E-state index contributed by atoms with van der Waals surface area (Å²) in [5.74, 6) is 0.439. The Labute approximate surface area is 171 Å². The van der Waals surface area contributed by atoms with Crippen LogP contribution in [0.5, 0.6) is 5.75 Å². The first-order valence-electron chi connectivity index (χ1n) is 9.89. The van der Waals surface area contributed by atoms with E-state index in [2.05, 4.69) is 10.2 Å². The molecular weight excluding hydrogens is 371 g/mol. The largest absolute Gasteiger partial charge is 0.496 e. The first-order valence-corrected chi connectivity index (χ1v) is 9.89. The second kappa shape index (κ2) is 9.37. The maximum Gasteiger partial charge on any atom is 0.230 e. The zero-order valence-corrected chi connectivity index (χ0v) is 17.3. The maximum atomic E-state index is 13.4. The molecule has 1 amide bonds. The molecule has 3 rings (SSSR count). The second-order valence-electron chi connectivity index (χ2n) is 7.63. The van der Waals surface area contributed by atoms with Gasteiger partial charge in [-0.15, -0.1) is 0 Å². The lowest BCUT2D eigenvalue weighted by Crippen LogP contribution is -2.49. The standard InChI is InChI=1S/C23H29FN2O3/c1-26(2)20(19-6-4-5-7-21(19)28-3)16-25-22(27)23(12-14-29-15-13-23)17-8-10-18(24)11-9-17/h4-11,20H,12-16H2,1-3H3,(H,25,27). The van der Waals surface area contributed by atoms with Crippen molar-refractivity contribution in [2.45, 2.75) is 24.3 Å². The van der Waals surface area contributed by atoms with E-state index in [4.69, 9.17) is 9.47 Å². The SMILES string of the molecule is COc1ccccc1C(CNC(=O)C1(c2ccc(F)cc2)CCOCC1)N(C)C. The molecule has 156 valence electrons. The molecule has 0 radical (unpaired) electrons. The Hall–Kier alpha value is -2.44. The molecule has 1 atom stereocenters. The van der Waals surface area contributed by atoms with Crippen molar-refractivity contribution in [3.05, 3.63) is 65.5 Å². The molecule has 0 spiro atoms. The molecule has 0 aliphatic carbocycles. The highest BCUT2D eigenvalue weighted by molar-refractivity contribution is 5.88. The summed E-state index contributed by atoms with van der Waals surface area (Å²) in [6.07, 6.45) is 1.15. The van der Waals surface area contributed by atoms with Crippen molar-refractivity contribution < 1.29 is 18.7 Å². The third-order valence-electron chi connectivity index (χ3n) is 5.76. The summed E-state index contributed by atoms with van der Waals surface area (Å²) in [5.41, 5.74) is 1.14. The van der Waals surface area contributed by atoms with Crippen LogP contribution < -0.4 is 10.1 Å². The van der Waals surface area contributed by atoms with Gasteiger partial charge >= 0.3 is 0 Å². The van der Waals surface area contributed by atoms with E-state index in [0.717, 1.165) is 16.9 Å². The quantitative estimate of drug-likeness (QED) is 0.775. The number of nitrogens with one attached hydrogen (secondary N) is 1. The van der Waals surface area contributed by atoms with Gasteiger partial charge in [-0.25, -0.2) is 4.39 Å². The van der Waals surface area contributed by atoms with Crippen molar-refractivity contribution in [2.24, 2.45) is 0 Å². The van der Waals surface area contributed by atoms with E-state index in [1.165, 1.54) is 12.1 Å². The van der Waals surface area contributed by atoms with Crippen molar-refractivity contribution in [3.63, 3.8) is 0 Å². The number of halogens is 1. The fraction of sp³-hybridized carbons (Fsp3) is 0.435. The summed E-state index contributed by atoms with van der Waals surface area (Å²) in [6, 6.07) is 14.0. The molecule has 6 heteroatoms. The molecule has 2 aromatic rings. The van der Waals surface area contributed by atoms with E-state index in [0.29, 0.717) is 32.6 Å². The molecule has 2 aromatic carbocycles. The van der Waals surface area contributed by atoms with Gasteiger partial charge in [0, 0.05) is 25.3 Å². The number of likely N-dealkylation sites (N-methyl/N-ethyl adjacent to an activating group) is 1. The van der Waals surface area contributed by atoms with E-state index in [9.17, 15) is 9.18 Å². The highest BCUT2D eigenvalue weighted by Gasteiger charge is 2.41.